The molecule has 1 aromatic rings. The van der Waals surface area contributed by atoms with Crippen molar-refractivity contribution in [2.75, 3.05) is 0 Å². The lowest BCUT2D eigenvalue weighted by Crippen LogP contribution is -2.61. The summed E-state index contributed by atoms with van der Waals surface area (Å²) in [6, 6.07) is 6.00. The maximum Gasteiger partial charge on any atom is 0.124 e. The standard InChI is InChI=1S/C14H20ClNO/c1-4-14(3)12(16)8-13(14)17-11-7-10(15)6-5-9(11)2/h5-7,12-13H,4,8,16H2,1-3H3. The van der Waals surface area contributed by atoms with Crippen LogP contribution >= 0.6 is 11.6 Å². The van der Waals surface area contributed by atoms with E-state index in [0.29, 0.717) is 5.02 Å². The number of rotatable bonds is 3. The lowest BCUT2D eigenvalue weighted by molar-refractivity contribution is -0.0563. The average molecular weight is 254 g/mol. The highest BCUT2D eigenvalue weighted by atomic mass is 35.5. The van der Waals surface area contributed by atoms with Gasteiger partial charge in [-0.2, -0.15) is 0 Å². The van der Waals surface area contributed by atoms with Crippen molar-refractivity contribution >= 4 is 11.6 Å². The second kappa shape index (κ2) is 4.51. The van der Waals surface area contributed by atoms with Gasteiger partial charge in [0.15, 0.2) is 0 Å². The van der Waals surface area contributed by atoms with E-state index in [2.05, 4.69) is 13.8 Å². The summed E-state index contributed by atoms with van der Waals surface area (Å²) >= 11 is 5.99. The molecule has 0 heterocycles. The minimum absolute atomic E-state index is 0.0920. The molecule has 1 fully saturated rings. The molecule has 0 bridgehead atoms. The molecule has 0 aromatic heterocycles. The molecule has 0 spiro atoms. The Hall–Kier alpha value is -0.730. The number of hydrogen-bond acceptors (Lipinski definition) is 2. The van der Waals surface area contributed by atoms with Gasteiger partial charge < -0.3 is 10.5 Å². The summed E-state index contributed by atoms with van der Waals surface area (Å²) in [6.07, 6.45) is 2.18. The molecular weight excluding hydrogens is 234 g/mol. The third-order valence-electron chi connectivity index (χ3n) is 4.23. The van der Waals surface area contributed by atoms with Crippen LogP contribution in [0.15, 0.2) is 18.2 Å². The Morgan fingerprint density at radius 2 is 2.24 bits per heavy atom. The largest absolute Gasteiger partial charge is 0.489 e. The molecule has 3 atom stereocenters. The zero-order chi connectivity index (χ0) is 12.6. The second-order valence-corrected chi connectivity index (χ2v) is 5.65. The molecule has 3 heteroatoms. The molecule has 1 aliphatic rings. The minimum atomic E-state index is 0.0920. The SMILES string of the molecule is CCC1(C)C(N)CC1Oc1cc(Cl)ccc1C. The Balaban J connectivity index is 2.14. The van der Waals surface area contributed by atoms with Gasteiger partial charge in [0, 0.05) is 22.9 Å². The first-order chi connectivity index (χ1) is 7.97. The van der Waals surface area contributed by atoms with Crippen molar-refractivity contribution < 1.29 is 4.74 Å². The highest BCUT2D eigenvalue weighted by Crippen LogP contribution is 2.45. The smallest absolute Gasteiger partial charge is 0.124 e. The van der Waals surface area contributed by atoms with Gasteiger partial charge in [-0.15, -0.1) is 0 Å². The van der Waals surface area contributed by atoms with E-state index >= 15 is 0 Å². The summed E-state index contributed by atoms with van der Waals surface area (Å²) < 4.78 is 6.07. The molecular formula is C14H20ClNO. The summed E-state index contributed by atoms with van der Waals surface area (Å²) in [4.78, 5) is 0. The summed E-state index contributed by atoms with van der Waals surface area (Å²) in [5, 5.41) is 0.715. The third-order valence-corrected chi connectivity index (χ3v) is 4.47. The van der Waals surface area contributed by atoms with Crippen LogP contribution in [0.25, 0.3) is 0 Å². The second-order valence-electron chi connectivity index (χ2n) is 5.22. The number of hydrogen-bond donors (Lipinski definition) is 1. The maximum atomic E-state index is 6.07. The van der Waals surface area contributed by atoms with E-state index in [1.165, 1.54) is 0 Å². The Bertz CT molecular complexity index is 421. The molecule has 0 amide bonds. The summed E-state index contributed by atoms with van der Waals surface area (Å²) in [5.74, 6) is 0.883. The molecule has 1 saturated carbocycles. The molecule has 2 N–H and O–H groups in total. The minimum Gasteiger partial charge on any atom is -0.489 e. The zero-order valence-corrected chi connectivity index (χ0v) is 11.4. The van der Waals surface area contributed by atoms with Crippen molar-refractivity contribution in [1.82, 2.24) is 0 Å². The van der Waals surface area contributed by atoms with E-state index in [-0.39, 0.29) is 17.6 Å². The fourth-order valence-corrected chi connectivity index (χ4v) is 2.54. The van der Waals surface area contributed by atoms with Crippen LogP contribution in [0.3, 0.4) is 0 Å². The number of benzene rings is 1. The van der Waals surface area contributed by atoms with Crippen molar-refractivity contribution in [2.24, 2.45) is 11.1 Å². The van der Waals surface area contributed by atoms with Crippen LogP contribution in [0.4, 0.5) is 0 Å². The van der Waals surface area contributed by atoms with Crippen LogP contribution in [0.1, 0.15) is 32.3 Å². The van der Waals surface area contributed by atoms with E-state index < -0.39 is 0 Å². The molecule has 1 aromatic carbocycles. The van der Waals surface area contributed by atoms with Gasteiger partial charge in [-0.1, -0.05) is 31.5 Å². The van der Waals surface area contributed by atoms with Gasteiger partial charge in [-0.25, -0.2) is 0 Å². The fraction of sp³-hybridized carbons (Fsp3) is 0.571. The lowest BCUT2D eigenvalue weighted by Gasteiger charge is -2.51. The topological polar surface area (TPSA) is 35.2 Å². The van der Waals surface area contributed by atoms with Gasteiger partial charge in [-0.3, -0.25) is 0 Å². The van der Waals surface area contributed by atoms with Gasteiger partial charge >= 0.3 is 0 Å². The van der Waals surface area contributed by atoms with Crippen molar-refractivity contribution in [3.63, 3.8) is 0 Å². The zero-order valence-electron chi connectivity index (χ0n) is 10.7. The first kappa shape index (κ1) is 12.7. The molecule has 0 radical (unpaired) electrons. The number of halogens is 1. The Morgan fingerprint density at radius 3 is 2.82 bits per heavy atom. The van der Waals surface area contributed by atoms with Crippen LogP contribution in [0.5, 0.6) is 5.75 Å². The van der Waals surface area contributed by atoms with Crippen molar-refractivity contribution in [2.45, 2.75) is 45.8 Å². The quantitative estimate of drug-likeness (QED) is 0.894. The van der Waals surface area contributed by atoms with Crippen molar-refractivity contribution in [3.05, 3.63) is 28.8 Å². The molecule has 0 aliphatic heterocycles. The van der Waals surface area contributed by atoms with E-state index in [1.807, 2.05) is 25.1 Å². The van der Waals surface area contributed by atoms with E-state index in [4.69, 9.17) is 22.1 Å². The van der Waals surface area contributed by atoms with Gasteiger partial charge in [0.1, 0.15) is 11.9 Å². The van der Waals surface area contributed by atoms with Crippen LogP contribution in [-0.2, 0) is 0 Å². The lowest BCUT2D eigenvalue weighted by atomic mass is 9.62. The number of aryl methyl sites for hydroxylation is 1. The number of nitrogens with two attached hydrogens (primary N) is 1. The highest BCUT2D eigenvalue weighted by molar-refractivity contribution is 6.30. The van der Waals surface area contributed by atoms with E-state index in [9.17, 15) is 0 Å². The maximum absolute atomic E-state index is 6.07. The van der Waals surface area contributed by atoms with Crippen molar-refractivity contribution in [1.29, 1.82) is 0 Å². The van der Waals surface area contributed by atoms with Crippen LogP contribution in [-0.4, -0.2) is 12.1 Å². The Labute approximate surface area is 108 Å². The molecule has 3 unspecified atom stereocenters. The molecule has 0 saturated heterocycles. The monoisotopic (exact) mass is 253 g/mol. The van der Waals surface area contributed by atoms with Gasteiger partial charge in [0.25, 0.3) is 0 Å². The first-order valence-corrected chi connectivity index (χ1v) is 6.53. The highest BCUT2D eigenvalue weighted by Gasteiger charge is 2.50. The van der Waals surface area contributed by atoms with Gasteiger partial charge in [0.2, 0.25) is 0 Å². The predicted molar refractivity (Wildman–Crippen MR) is 71.6 cm³/mol. The fourth-order valence-electron chi connectivity index (χ4n) is 2.37. The Kier molecular flexibility index (Phi) is 3.37. The van der Waals surface area contributed by atoms with Crippen LogP contribution < -0.4 is 10.5 Å². The summed E-state index contributed by atoms with van der Waals surface area (Å²) in [5.41, 5.74) is 7.28. The molecule has 17 heavy (non-hydrogen) atoms. The van der Waals surface area contributed by atoms with Crippen LogP contribution in [0, 0.1) is 12.3 Å². The summed E-state index contributed by atoms with van der Waals surface area (Å²) in [6.45, 7) is 6.40. The van der Waals surface area contributed by atoms with E-state index in [0.717, 1.165) is 24.2 Å². The van der Waals surface area contributed by atoms with Crippen molar-refractivity contribution in [3.8, 4) is 5.75 Å². The third kappa shape index (κ3) is 2.16. The molecule has 1 aliphatic carbocycles. The molecule has 2 rings (SSSR count). The molecule has 2 nitrogen and oxygen atoms in total. The average Bonchev–Trinajstić information content (AvgIpc) is 2.32. The first-order valence-electron chi connectivity index (χ1n) is 6.15. The van der Waals surface area contributed by atoms with Crippen LogP contribution in [0.2, 0.25) is 5.02 Å². The van der Waals surface area contributed by atoms with Gasteiger partial charge in [0.05, 0.1) is 0 Å². The summed E-state index contributed by atoms with van der Waals surface area (Å²) in [7, 11) is 0. The Morgan fingerprint density at radius 1 is 1.53 bits per heavy atom. The predicted octanol–water partition coefficient (Wildman–Crippen LogP) is 3.54. The normalized spacial score (nSPS) is 32.1. The van der Waals surface area contributed by atoms with Gasteiger partial charge in [-0.05, 0) is 31.0 Å². The van der Waals surface area contributed by atoms with E-state index in [1.54, 1.807) is 0 Å². The molecule has 94 valence electrons. The number of ether oxygens (including phenoxy) is 1.